The minimum Gasteiger partial charge on any atom is -0.370 e. The van der Waals surface area contributed by atoms with Gasteiger partial charge in [0.15, 0.2) is 0 Å². The van der Waals surface area contributed by atoms with Crippen LogP contribution in [-0.2, 0) is 4.79 Å². The van der Waals surface area contributed by atoms with E-state index >= 15 is 0 Å². The number of H-pyrrole nitrogens is 1. The van der Waals surface area contributed by atoms with Crippen LogP contribution in [0, 0.1) is 0 Å². The van der Waals surface area contributed by atoms with Crippen LogP contribution in [0.2, 0.25) is 5.02 Å². The van der Waals surface area contributed by atoms with Crippen LogP contribution in [0.1, 0.15) is 28.5 Å². The molecule has 2 amide bonds. The predicted octanol–water partition coefficient (Wildman–Crippen LogP) is 3.93. The number of rotatable bonds is 5. The molecule has 0 spiro atoms. The summed E-state index contributed by atoms with van der Waals surface area (Å²) in [6.07, 6.45) is -0.0160. The standard InChI is InChI=1S/C18H15BrClN3O2/c19-12-5-4-11-7-16(22-14(11)8-12)18(25)23-15(9-17(21)24)10-2-1-3-13(20)6-10/h1-8,15,22H,9H2,(H2,21,24)(H,23,25)/t15-/m1/s1. The average Bonchev–Trinajstić information content (AvgIpc) is 2.97. The van der Waals surface area contributed by atoms with Crippen molar-refractivity contribution in [3.63, 3.8) is 0 Å². The molecule has 2 aromatic carbocycles. The molecule has 0 saturated carbocycles. The zero-order chi connectivity index (χ0) is 18.0. The predicted molar refractivity (Wildman–Crippen MR) is 101 cm³/mol. The van der Waals surface area contributed by atoms with Gasteiger partial charge in [-0.3, -0.25) is 9.59 Å². The van der Waals surface area contributed by atoms with Gasteiger partial charge in [0, 0.05) is 20.4 Å². The zero-order valence-electron chi connectivity index (χ0n) is 13.1. The minimum absolute atomic E-state index is 0.0160. The third-order valence-corrected chi connectivity index (χ3v) is 4.52. The van der Waals surface area contributed by atoms with Crippen molar-refractivity contribution in [2.45, 2.75) is 12.5 Å². The summed E-state index contributed by atoms with van der Waals surface area (Å²) in [6, 6.07) is 13.9. The molecule has 0 unspecified atom stereocenters. The lowest BCUT2D eigenvalue weighted by atomic mass is 10.0. The molecule has 0 aliphatic heterocycles. The average molecular weight is 421 g/mol. The first-order valence-electron chi connectivity index (χ1n) is 7.55. The van der Waals surface area contributed by atoms with Gasteiger partial charge in [0.25, 0.3) is 5.91 Å². The number of nitrogens with two attached hydrogens (primary N) is 1. The lowest BCUT2D eigenvalue weighted by molar-refractivity contribution is -0.118. The molecule has 128 valence electrons. The van der Waals surface area contributed by atoms with Crippen molar-refractivity contribution >= 4 is 50.2 Å². The van der Waals surface area contributed by atoms with Crippen molar-refractivity contribution in [3.8, 4) is 0 Å². The Hall–Kier alpha value is -2.31. The van der Waals surface area contributed by atoms with Crippen LogP contribution in [0.4, 0.5) is 0 Å². The molecule has 1 aromatic heterocycles. The Balaban J connectivity index is 1.87. The van der Waals surface area contributed by atoms with Crippen LogP contribution in [0.3, 0.4) is 0 Å². The molecule has 4 N–H and O–H groups in total. The summed E-state index contributed by atoms with van der Waals surface area (Å²) in [4.78, 5) is 27.1. The monoisotopic (exact) mass is 419 g/mol. The molecule has 1 heterocycles. The number of carbonyl (C=O) groups is 2. The highest BCUT2D eigenvalue weighted by molar-refractivity contribution is 9.10. The van der Waals surface area contributed by atoms with Gasteiger partial charge in [-0.15, -0.1) is 0 Å². The zero-order valence-corrected chi connectivity index (χ0v) is 15.4. The second-order valence-electron chi connectivity index (χ2n) is 5.67. The van der Waals surface area contributed by atoms with Gasteiger partial charge < -0.3 is 16.0 Å². The molecule has 0 saturated heterocycles. The maximum Gasteiger partial charge on any atom is 0.268 e. The number of benzene rings is 2. The number of amides is 2. The highest BCUT2D eigenvalue weighted by Gasteiger charge is 2.19. The fraction of sp³-hybridized carbons (Fsp3) is 0.111. The van der Waals surface area contributed by atoms with Gasteiger partial charge in [0.2, 0.25) is 5.91 Å². The number of aromatic nitrogens is 1. The number of carbonyl (C=O) groups excluding carboxylic acids is 2. The van der Waals surface area contributed by atoms with Crippen molar-refractivity contribution in [2.24, 2.45) is 5.73 Å². The van der Waals surface area contributed by atoms with Crippen LogP contribution < -0.4 is 11.1 Å². The topological polar surface area (TPSA) is 88.0 Å². The highest BCUT2D eigenvalue weighted by atomic mass is 79.9. The molecule has 7 heteroatoms. The number of aromatic amines is 1. The van der Waals surface area contributed by atoms with E-state index in [-0.39, 0.29) is 12.3 Å². The van der Waals surface area contributed by atoms with E-state index in [4.69, 9.17) is 17.3 Å². The Bertz CT molecular complexity index is 954. The summed E-state index contributed by atoms with van der Waals surface area (Å²) >= 11 is 9.41. The molecule has 3 rings (SSSR count). The van der Waals surface area contributed by atoms with E-state index in [0.717, 1.165) is 20.9 Å². The SMILES string of the molecule is NC(=O)C[C@@H](NC(=O)c1cc2ccc(Br)cc2[nH]1)c1cccc(Cl)c1. The number of nitrogens with one attached hydrogen (secondary N) is 2. The van der Waals surface area contributed by atoms with E-state index in [1.54, 1.807) is 30.3 Å². The van der Waals surface area contributed by atoms with Crippen molar-refractivity contribution in [2.75, 3.05) is 0 Å². The van der Waals surface area contributed by atoms with Crippen LogP contribution in [0.5, 0.6) is 0 Å². The Morgan fingerprint density at radius 1 is 1.20 bits per heavy atom. The summed E-state index contributed by atoms with van der Waals surface area (Å²) in [5.41, 5.74) is 7.29. The summed E-state index contributed by atoms with van der Waals surface area (Å²) in [6.45, 7) is 0. The first kappa shape index (κ1) is 17.5. The smallest absolute Gasteiger partial charge is 0.268 e. The Morgan fingerprint density at radius 3 is 2.72 bits per heavy atom. The minimum atomic E-state index is -0.554. The van der Waals surface area contributed by atoms with Gasteiger partial charge in [0.05, 0.1) is 12.5 Å². The van der Waals surface area contributed by atoms with E-state index in [2.05, 4.69) is 26.2 Å². The van der Waals surface area contributed by atoms with E-state index in [9.17, 15) is 9.59 Å². The molecule has 0 aliphatic rings. The summed E-state index contributed by atoms with van der Waals surface area (Å²) in [7, 11) is 0. The molecule has 0 bridgehead atoms. The van der Waals surface area contributed by atoms with E-state index in [1.807, 2.05) is 18.2 Å². The summed E-state index contributed by atoms with van der Waals surface area (Å²) in [5, 5.41) is 4.29. The quantitative estimate of drug-likeness (QED) is 0.584. The van der Waals surface area contributed by atoms with Crippen LogP contribution in [0.15, 0.2) is 53.0 Å². The Labute approximate surface area is 157 Å². The molecule has 1 atom stereocenters. The van der Waals surface area contributed by atoms with E-state index in [1.165, 1.54) is 0 Å². The van der Waals surface area contributed by atoms with Crippen molar-refractivity contribution in [3.05, 3.63) is 69.3 Å². The van der Waals surface area contributed by atoms with Crippen molar-refractivity contribution in [1.82, 2.24) is 10.3 Å². The largest absolute Gasteiger partial charge is 0.370 e. The molecule has 0 fully saturated rings. The van der Waals surface area contributed by atoms with Gasteiger partial charge in [0.1, 0.15) is 5.69 Å². The fourth-order valence-corrected chi connectivity index (χ4v) is 3.19. The van der Waals surface area contributed by atoms with Crippen LogP contribution in [-0.4, -0.2) is 16.8 Å². The summed E-state index contributed by atoms with van der Waals surface area (Å²) in [5.74, 6) is -0.829. The summed E-state index contributed by atoms with van der Waals surface area (Å²) < 4.78 is 0.916. The second-order valence-corrected chi connectivity index (χ2v) is 7.02. The highest BCUT2D eigenvalue weighted by Crippen LogP contribution is 2.23. The number of hydrogen-bond acceptors (Lipinski definition) is 2. The Kier molecular flexibility index (Phi) is 5.11. The van der Waals surface area contributed by atoms with Gasteiger partial charge >= 0.3 is 0 Å². The third kappa shape index (κ3) is 4.21. The fourth-order valence-electron chi connectivity index (χ4n) is 2.63. The molecular weight excluding hydrogens is 406 g/mol. The number of fused-ring (bicyclic) bond motifs is 1. The van der Waals surface area contributed by atoms with E-state index < -0.39 is 11.9 Å². The maximum absolute atomic E-state index is 12.6. The first-order valence-corrected chi connectivity index (χ1v) is 8.72. The molecule has 5 nitrogen and oxygen atoms in total. The lowest BCUT2D eigenvalue weighted by Crippen LogP contribution is -2.32. The first-order chi connectivity index (χ1) is 11.9. The van der Waals surface area contributed by atoms with Crippen molar-refractivity contribution in [1.29, 1.82) is 0 Å². The molecule has 0 aliphatic carbocycles. The third-order valence-electron chi connectivity index (χ3n) is 3.79. The molecule has 0 radical (unpaired) electrons. The lowest BCUT2D eigenvalue weighted by Gasteiger charge is -2.17. The van der Waals surface area contributed by atoms with Crippen LogP contribution >= 0.6 is 27.5 Å². The number of hydrogen-bond donors (Lipinski definition) is 3. The number of halogens is 2. The number of primary amides is 1. The second kappa shape index (κ2) is 7.29. The van der Waals surface area contributed by atoms with Crippen LogP contribution in [0.25, 0.3) is 10.9 Å². The molecular formula is C18H15BrClN3O2. The molecule has 25 heavy (non-hydrogen) atoms. The van der Waals surface area contributed by atoms with Gasteiger partial charge in [-0.1, -0.05) is 45.7 Å². The maximum atomic E-state index is 12.6. The van der Waals surface area contributed by atoms with Gasteiger partial charge in [-0.25, -0.2) is 0 Å². The van der Waals surface area contributed by atoms with Crippen molar-refractivity contribution < 1.29 is 9.59 Å². The molecule has 3 aromatic rings. The van der Waals surface area contributed by atoms with Gasteiger partial charge in [-0.2, -0.15) is 0 Å². The Morgan fingerprint density at radius 2 is 2.00 bits per heavy atom. The normalized spacial score (nSPS) is 12.1. The van der Waals surface area contributed by atoms with E-state index in [0.29, 0.717) is 10.7 Å². The van der Waals surface area contributed by atoms with Gasteiger partial charge in [-0.05, 0) is 35.9 Å².